The topological polar surface area (TPSA) is 0 Å². The average Bonchev–Trinajstić information content (AvgIpc) is 2.10. The molecule has 0 bridgehead atoms. The number of hydrogen-bond acceptors (Lipinski definition) is 0. The molecule has 0 spiro atoms. The molecule has 76 valence electrons. The summed E-state index contributed by atoms with van der Waals surface area (Å²) in [5.74, 6) is -10.8. The Hall–Kier alpha value is -0.680. The smallest absolute Gasteiger partial charge is 0.199 e. The number of alkyl halides is 4. The van der Waals surface area contributed by atoms with Crippen molar-refractivity contribution in [3.8, 4) is 0 Å². The molecule has 0 nitrogen and oxygen atoms in total. The van der Waals surface area contributed by atoms with Crippen molar-refractivity contribution in [1.82, 2.24) is 0 Å². The van der Waals surface area contributed by atoms with Crippen LogP contribution in [0.15, 0.2) is 11.7 Å². The van der Waals surface area contributed by atoms with Crippen LogP contribution in [0.2, 0.25) is 0 Å². The predicted octanol–water partition coefficient (Wildman–Crippen LogP) is 3.45. The van der Waals surface area contributed by atoms with Crippen LogP contribution in [0.4, 0.5) is 26.3 Å². The zero-order valence-electron chi connectivity index (χ0n) is 6.55. The lowest BCUT2D eigenvalue weighted by molar-refractivity contribution is -0.188. The van der Waals surface area contributed by atoms with Gasteiger partial charge in [0.1, 0.15) is 0 Å². The third kappa shape index (κ3) is 1.23. The van der Waals surface area contributed by atoms with E-state index < -0.39 is 35.8 Å². The van der Waals surface area contributed by atoms with Crippen molar-refractivity contribution in [1.29, 1.82) is 0 Å². The summed E-state index contributed by atoms with van der Waals surface area (Å²) in [6.45, 7) is 0.823. The van der Waals surface area contributed by atoms with E-state index in [0.29, 0.717) is 0 Å². The number of rotatable bonds is 0. The molecule has 0 radical (unpaired) electrons. The fourth-order valence-corrected chi connectivity index (χ4v) is 1.27. The average molecular weight is 204 g/mol. The first-order chi connectivity index (χ1) is 5.71. The highest BCUT2D eigenvalue weighted by atomic mass is 19.3. The van der Waals surface area contributed by atoms with E-state index in [4.69, 9.17) is 0 Å². The van der Waals surface area contributed by atoms with Crippen LogP contribution in [0.1, 0.15) is 13.3 Å². The van der Waals surface area contributed by atoms with Gasteiger partial charge in [-0.2, -0.15) is 26.3 Å². The van der Waals surface area contributed by atoms with Crippen molar-refractivity contribution in [2.45, 2.75) is 25.2 Å². The van der Waals surface area contributed by atoms with Crippen molar-refractivity contribution < 1.29 is 26.3 Å². The summed E-state index contributed by atoms with van der Waals surface area (Å²) in [6, 6.07) is 0. The van der Waals surface area contributed by atoms with E-state index in [1.165, 1.54) is 0 Å². The van der Waals surface area contributed by atoms with Gasteiger partial charge in [0, 0.05) is 5.92 Å². The van der Waals surface area contributed by atoms with Gasteiger partial charge in [0.05, 0.1) is 5.57 Å². The minimum absolute atomic E-state index is 0.823. The lowest BCUT2D eigenvalue weighted by Gasteiger charge is -2.21. The molecule has 0 aromatic heterocycles. The van der Waals surface area contributed by atoms with Crippen molar-refractivity contribution in [3.63, 3.8) is 0 Å². The van der Waals surface area contributed by atoms with E-state index in [-0.39, 0.29) is 0 Å². The maximum Gasteiger partial charge on any atom is 0.337 e. The van der Waals surface area contributed by atoms with Gasteiger partial charge in [-0.1, -0.05) is 6.92 Å². The van der Waals surface area contributed by atoms with Crippen LogP contribution in [0.5, 0.6) is 0 Å². The highest BCUT2D eigenvalue weighted by Crippen LogP contribution is 2.55. The normalized spacial score (nSPS) is 30.7. The van der Waals surface area contributed by atoms with Crippen LogP contribution in [0, 0.1) is 5.92 Å². The third-order valence-corrected chi connectivity index (χ3v) is 2.15. The molecule has 0 N–H and O–H groups in total. The van der Waals surface area contributed by atoms with E-state index in [1.54, 1.807) is 0 Å². The summed E-state index contributed by atoms with van der Waals surface area (Å²) in [6.07, 6.45) is -3.66. The van der Waals surface area contributed by atoms with Gasteiger partial charge in [-0.3, -0.25) is 0 Å². The summed E-state index contributed by atoms with van der Waals surface area (Å²) in [7, 11) is 0. The summed E-state index contributed by atoms with van der Waals surface area (Å²) in [5, 5.41) is 0. The van der Waals surface area contributed by atoms with Gasteiger partial charge in [0.25, 0.3) is 6.08 Å². The predicted molar refractivity (Wildman–Crippen MR) is 32.9 cm³/mol. The summed E-state index contributed by atoms with van der Waals surface area (Å²) >= 11 is 0. The lowest BCUT2D eigenvalue weighted by Crippen LogP contribution is -2.39. The zero-order chi connectivity index (χ0) is 10.4. The van der Waals surface area contributed by atoms with E-state index in [1.807, 2.05) is 0 Å². The lowest BCUT2D eigenvalue weighted by atomic mass is 10.1. The fourth-order valence-electron chi connectivity index (χ4n) is 1.27. The quantitative estimate of drug-likeness (QED) is 0.530. The van der Waals surface area contributed by atoms with Gasteiger partial charge in [0.15, 0.2) is 0 Å². The molecule has 1 aliphatic carbocycles. The Labute approximate surface area is 70.2 Å². The van der Waals surface area contributed by atoms with Crippen molar-refractivity contribution >= 4 is 0 Å². The first kappa shape index (κ1) is 10.4. The van der Waals surface area contributed by atoms with Gasteiger partial charge >= 0.3 is 11.8 Å². The van der Waals surface area contributed by atoms with Gasteiger partial charge in [-0.15, -0.1) is 0 Å². The second-order valence-electron chi connectivity index (χ2n) is 3.04. The number of halogens is 6. The van der Waals surface area contributed by atoms with Gasteiger partial charge in [-0.05, 0) is 6.42 Å². The van der Waals surface area contributed by atoms with E-state index in [9.17, 15) is 26.3 Å². The van der Waals surface area contributed by atoms with Crippen molar-refractivity contribution in [2.75, 3.05) is 0 Å². The fraction of sp³-hybridized carbons (Fsp3) is 0.714. The van der Waals surface area contributed by atoms with Crippen LogP contribution >= 0.6 is 0 Å². The molecule has 0 saturated heterocycles. The number of hydrogen-bond donors (Lipinski definition) is 0. The molecule has 0 aromatic rings. The van der Waals surface area contributed by atoms with Crippen LogP contribution in [-0.2, 0) is 0 Å². The summed E-state index contributed by atoms with van der Waals surface area (Å²) in [5.41, 5.74) is -1.73. The second kappa shape index (κ2) is 2.65. The molecular weight excluding hydrogens is 198 g/mol. The van der Waals surface area contributed by atoms with Gasteiger partial charge in [0.2, 0.25) is 0 Å². The molecule has 13 heavy (non-hydrogen) atoms. The molecular formula is C7H6F6. The second-order valence-corrected chi connectivity index (χ2v) is 3.04. The van der Waals surface area contributed by atoms with E-state index in [2.05, 4.69) is 0 Å². The van der Waals surface area contributed by atoms with Crippen LogP contribution in [-0.4, -0.2) is 11.8 Å². The monoisotopic (exact) mass is 204 g/mol. The molecule has 0 amide bonds. The molecule has 1 atom stereocenters. The SMILES string of the molecule is CC1CC(=C(F)F)C(F)(F)C1(F)F. The van der Waals surface area contributed by atoms with Gasteiger partial charge < -0.3 is 0 Å². The highest BCUT2D eigenvalue weighted by molar-refractivity contribution is 5.25. The van der Waals surface area contributed by atoms with Crippen LogP contribution in [0.3, 0.4) is 0 Å². The Balaban J connectivity index is 3.20. The molecule has 0 aliphatic heterocycles. The Morgan fingerprint density at radius 1 is 1.23 bits per heavy atom. The van der Waals surface area contributed by atoms with Crippen molar-refractivity contribution in [3.05, 3.63) is 11.7 Å². The summed E-state index contributed by atoms with van der Waals surface area (Å²) < 4.78 is 74.1. The Morgan fingerprint density at radius 3 is 1.85 bits per heavy atom. The maximum absolute atomic E-state index is 12.6. The van der Waals surface area contributed by atoms with Crippen LogP contribution in [0.25, 0.3) is 0 Å². The number of allylic oxidation sites excluding steroid dienone is 1. The molecule has 1 saturated carbocycles. The molecule has 6 heteroatoms. The first-order valence-corrected chi connectivity index (χ1v) is 3.51. The van der Waals surface area contributed by atoms with Gasteiger partial charge in [-0.25, -0.2) is 0 Å². The Bertz CT molecular complexity index is 250. The molecule has 0 heterocycles. The summed E-state index contributed by atoms with van der Waals surface area (Å²) in [4.78, 5) is 0. The zero-order valence-corrected chi connectivity index (χ0v) is 6.55. The van der Waals surface area contributed by atoms with E-state index in [0.717, 1.165) is 6.92 Å². The molecule has 1 rings (SSSR count). The maximum atomic E-state index is 12.6. The van der Waals surface area contributed by atoms with E-state index >= 15 is 0 Å². The highest BCUT2D eigenvalue weighted by Gasteiger charge is 2.68. The van der Waals surface area contributed by atoms with Crippen molar-refractivity contribution in [2.24, 2.45) is 5.92 Å². The standard InChI is InChI=1S/C7H6F6/c1-3-2-4(5(8)9)7(12,13)6(3,10)11/h3H,2H2,1H3. The molecule has 1 fully saturated rings. The first-order valence-electron chi connectivity index (χ1n) is 3.51. The minimum atomic E-state index is -4.70. The molecule has 1 unspecified atom stereocenters. The third-order valence-electron chi connectivity index (χ3n) is 2.15. The van der Waals surface area contributed by atoms with Crippen LogP contribution < -0.4 is 0 Å². The Kier molecular flexibility index (Phi) is 2.12. The Morgan fingerprint density at radius 2 is 1.69 bits per heavy atom. The minimum Gasteiger partial charge on any atom is -0.199 e. The molecule has 1 aliphatic rings. The molecule has 0 aromatic carbocycles. The largest absolute Gasteiger partial charge is 0.337 e.